The summed E-state index contributed by atoms with van der Waals surface area (Å²) in [6.07, 6.45) is 2.20. The Balaban J connectivity index is 1.43. The maximum Gasteiger partial charge on any atom is 0.325 e. The maximum absolute atomic E-state index is 12.7. The first kappa shape index (κ1) is 17.5. The van der Waals surface area contributed by atoms with Gasteiger partial charge in [0.2, 0.25) is 5.91 Å². The number of imide groups is 1. The number of hydrogen-bond donors (Lipinski definition) is 2. The number of rotatable bonds is 4. The molecule has 2 aliphatic rings. The molecular weight excluding hydrogens is 348 g/mol. The zero-order chi connectivity index (χ0) is 19.0. The first-order valence-corrected chi connectivity index (χ1v) is 9.09. The summed E-state index contributed by atoms with van der Waals surface area (Å²) in [5.74, 6) is -0.596. The van der Waals surface area contributed by atoms with E-state index in [-0.39, 0.29) is 24.5 Å². The molecule has 2 aliphatic heterocycles. The number of aromatic amines is 1. The van der Waals surface area contributed by atoms with Crippen LogP contribution in [-0.4, -0.2) is 71.0 Å². The summed E-state index contributed by atoms with van der Waals surface area (Å²) in [4.78, 5) is 43.3. The summed E-state index contributed by atoms with van der Waals surface area (Å²) in [5.41, 5.74) is 1.94. The highest BCUT2D eigenvalue weighted by Crippen LogP contribution is 2.21. The number of ether oxygens (including phenoxy) is 1. The van der Waals surface area contributed by atoms with Gasteiger partial charge in [-0.3, -0.25) is 14.5 Å². The highest BCUT2D eigenvalue weighted by molar-refractivity contribution is 6.06. The van der Waals surface area contributed by atoms with Crippen molar-refractivity contribution in [1.82, 2.24) is 20.1 Å². The second kappa shape index (κ2) is 7.03. The molecule has 2 aromatic rings. The number of urea groups is 1. The number of H-pyrrole nitrogens is 1. The predicted octanol–water partition coefficient (Wildman–Crippen LogP) is 0.878. The summed E-state index contributed by atoms with van der Waals surface area (Å²) < 4.78 is 5.42. The molecule has 2 N–H and O–H groups in total. The average molecular weight is 370 g/mol. The zero-order valence-electron chi connectivity index (χ0n) is 15.1. The van der Waals surface area contributed by atoms with Gasteiger partial charge in [-0.05, 0) is 18.6 Å². The summed E-state index contributed by atoms with van der Waals surface area (Å²) >= 11 is 0. The zero-order valence-corrected chi connectivity index (χ0v) is 15.1. The molecule has 2 unspecified atom stereocenters. The van der Waals surface area contributed by atoms with E-state index in [1.807, 2.05) is 37.4 Å². The molecule has 1 aromatic heterocycles. The van der Waals surface area contributed by atoms with Crippen molar-refractivity contribution < 1.29 is 19.1 Å². The van der Waals surface area contributed by atoms with Gasteiger partial charge in [0.15, 0.2) is 0 Å². The SMILES string of the molecule is CC1CN(C(=O)CN2C(=O)NC(Cc3c[nH]c4ccccc34)C2=O)CCO1. The number of aromatic nitrogens is 1. The molecule has 0 radical (unpaired) electrons. The molecule has 2 atom stereocenters. The van der Waals surface area contributed by atoms with E-state index < -0.39 is 12.1 Å². The molecule has 1 aromatic carbocycles. The van der Waals surface area contributed by atoms with Gasteiger partial charge in [-0.15, -0.1) is 0 Å². The number of nitrogens with one attached hydrogen (secondary N) is 2. The molecular formula is C19H22N4O4. The lowest BCUT2D eigenvalue weighted by Crippen LogP contribution is -2.49. The monoisotopic (exact) mass is 370 g/mol. The van der Waals surface area contributed by atoms with Crippen molar-refractivity contribution in [2.45, 2.75) is 25.5 Å². The van der Waals surface area contributed by atoms with E-state index in [4.69, 9.17) is 4.74 Å². The molecule has 0 spiro atoms. The van der Waals surface area contributed by atoms with Crippen LogP contribution in [0.1, 0.15) is 12.5 Å². The van der Waals surface area contributed by atoms with Crippen molar-refractivity contribution >= 4 is 28.7 Å². The molecule has 27 heavy (non-hydrogen) atoms. The van der Waals surface area contributed by atoms with E-state index in [0.717, 1.165) is 21.4 Å². The Morgan fingerprint density at radius 1 is 1.30 bits per heavy atom. The number of hydrogen-bond acceptors (Lipinski definition) is 4. The van der Waals surface area contributed by atoms with Gasteiger partial charge in [0, 0.05) is 36.6 Å². The van der Waals surface area contributed by atoms with Crippen LogP contribution in [0.4, 0.5) is 4.79 Å². The molecule has 2 fully saturated rings. The minimum absolute atomic E-state index is 0.0413. The minimum atomic E-state index is -0.659. The lowest BCUT2D eigenvalue weighted by atomic mass is 10.1. The number of carbonyl (C=O) groups is 3. The van der Waals surface area contributed by atoms with Gasteiger partial charge in [-0.2, -0.15) is 0 Å². The van der Waals surface area contributed by atoms with Crippen molar-refractivity contribution in [3.63, 3.8) is 0 Å². The quantitative estimate of drug-likeness (QED) is 0.781. The summed E-state index contributed by atoms with van der Waals surface area (Å²) in [5, 5.41) is 3.73. The Morgan fingerprint density at radius 2 is 2.11 bits per heavy atom. The van der Waals surface area contributed by atoms with E-state index in [0.29, 0.717) is 26.1 Å². The van der Waals surface area contributed by atoms with Crippen molar-refractivity contribution in [1.29, 1.82) is 0 Å². The third kappa shape index (κ3) is 3.40. The molecule has 0 aliphatic carbocycles. The van der Waals surface area contributed by atoms with Crippen molar-refractivity contribution in [3.8, 4) is 0 Å². The molecule has 2 saturated heterocycles. The molecule has 4 amide bonds. The Morgan fingerprint density at radius 3 is 2.93 bits per heavy atom. The first-order chi connectivity index (χ1) is 13.0. The van der Waals surface area contributed by atoms with E-state index in [2.05, 4.69) is 10.3 Å². The normalized spacial score (nSPS) is 23.1. The number of fused-ring (bicyclic) bond motifs is 1. The van der Waals surface area contributed by atoms with Crippen molar-refractivity contribution in [2.75, 3.05) is 26.2 Å². The van der Waals surface area contributed by atoms with Crippen LogP contribution in [0.2, 0.25) is 0 Å². The molecule has 8 nitrogen and oxygen atoms in total. The highest BCUT2D eigenvalue weighted by Gasteiger charge is 2.40. The Kier molecular flexibility index (Phi) is 4.57. The van der Waals surface area contributed by atoms with E-state index in [9.17, 15) is 14.4 Å². The Labute approximate surface area is 156 Å². The lowest BCUT2D eigenvalue weighted by molar-refractivity contribution is -0.142. The van der Waals surface area contributed by atoms with Gasteiger partial charge in [-0.1, -0.05) is 18.2 Å². The average Bonchev–Trinajstić information content (AvgIpc) is 3.18. The van der Waals surface area contributed by atoms with Crippen molar-refractivity contribution in [3.05, 3.63) is 36.0 Å². The fourth-order valence-electron chi connectivity index (χ4n) is 3.67. The number of carbonyl (C=O) groups excluding carboxylic acids is 3. The van der Waals surface area contributed by atoms with Crippen LogP contribution in [0.15, 0.2) is 30.5 Å². The Hall–Kier alpha value is -2.87. The van der Waals surface area contributed by atoms with Crippen LogP contribution in [0.3, 0.4) is 0 Å². The maximum atomic E-state index is 12.7. The van der Waals surface area contributed by atoms with E-state index >= 15 is 0 Å². The topological polar surface area (TPSA) is 94.7 Å². The summed E-state index contributed by atoms with van der Waals surface area (Å²) in [7, 11) is 0. The number of morpholine rings is 1. The summed E-state index contributed by atoms with van der Waals surface area (Å²) in [6.45, 7) is 3.08. The standard InChI is InChI=1S/C19H22N4O4/c1-12-10-22(6-7-27-12)17(24)11-23-18(25)16(21-19(23)26)8-13-9-20-15-5-3-2-4-14(13)15/h2-5,9,12,16,20H,6-8,10-11H2,1H3,(H,21,26). The van der Waals surface area contributed by atoms with E-state index in [1.54, 1.807) is 4.90 Å². The third-order valence-electron chi connectivity index (χ3n) is 5.09. The fraction of sp³-hybridized carbons (Fsp3) is 0.421. The van der Waals surface area contributed by atoms with Gasteiger partial charge in [0.25, 0.3) is 5.91 Å². The molecule has 4 rings (SSSR count). The predicted molar refractivity (Wildman–Crippen MR) is 98.0 cm³/mol. The minimum Gasteiger partial charge on any atom is -0.375 e. The smallest absolute Gasteiger partial charge is 0.325 e. The van der Waals surface area contributed by atoms with Gasteiger partial charge in [0.1, 0.15) is 12.6 Å². The number of para-hydroxylation sites is 1. The number of amides is 4. The van der Waals surface area contributed by atoms with Crippen LogP contribution in [0, 0.1) is 0 Å². The Bertz CT molecular complexity index is 893. The number of nitrogens with zero attached hydrogens (tertiary/aromatic N) is 2. The van der Waals surface area contributed by atoms with Gasteiger partial charge in [0.05, 0.1) is 12.7 Å². The van der Waals surface area contributed by atoms with Crippen LogP contribution in [-0.2, 0) is 20.7 Å². The fourth-order valence-corrected chi connectivity index (χ4v) is 3.67. The van der Waals surface area contributed by atoms with Gasteiger partial charge < -0.3 is 19.9 Å². The first-order valence-electron chi connectivity index (χ1n) is 9.09. The van der Waals surface area contributed by atoms with E-state index in [1.165, 1.54) is 0 Å². The summed E-state index contributed by atoms with van der Waals surface area (Å²) in [6, 6.07) is 6.63. The molecule has 3 heterocycles. The highest BCUT2D eigenvalue weighted by atomic mass is 16.5. The van der Waals surface area contributed by atoms with Crippen LogP contribution >= 0.6 is 0 Å². The van der Waals surface area contributed by atoms with Crippen LogP contribution in [0.5, 0.6) is 0 Å². The molecule has 0 bridgehead atoms. The largest absolute Gasteiger partial charge is 0.375 e. The molecule has 0 saturated carbocycles. The van der Waals surface area contributed by atoms with Gasteiger partial charge >= 0.3 is 6.03 Å². The van der Waals surface area contributed by atoms with Gasteiger partial charge in [-0.25, -0.2) is 4.79 Å². The second-order valence-electron chi connectivity index (χ2n) is 7.01. The lowest BCUT2D eigenvalue weighted by Gasteiger charge is -2.31. The molecule has 8 heteroatoms. The van der Waals surface area contributed by atoms with Crippen LogP contribution in [0.25, 0.3) is 10.9 Å². The number of benzene rings is 1. The van der Waals surface area contributed by atoms with Crippen LogP contribution < -0.4 is 5.32 Å². The van der Waals surface area contributed by atoms with Crippen molar-refractivity contribution in [2.24, 2.45) is 0 Å². The third-order valence-corrected chi connectivity index (χ3v) is 5.09. The second-order valence-corrected chi connectivity index (χ2v) is 7.01. The molecule has 142 valence electrons.